The van der Waals surface area contributed by atoms with Crippen LogP contribution in [0.4, 0.5) is 0 Å². The normalized spacial score (nSPS) is 9.08. The fourth-order valence-corrected chi connectivity index (χ4v) is 0.928. The van der Waals surface area contributed by atoms with Crippen molar-refractivity contribution in [3.05, 3.63) is 18.2 Å². The van der Waals surface area contributed by atoms with Crippen molar-refractivity contribution in [1.29, 1.82) is 0 Å². The Balaban J connectivity index is 3.01. The maximum atomic E-state index is 10.1. The van der Waals surface area contributed by atoms with Gasteiger partial charge in [-0.25, -0.2) is 0 Å². The van der Waals surface area contributed by atoms with Gasteiger partial charge >= 0.3 is 0 Å². The van der Waals surface area contributed by atoms with Gasteiger partial charge < -0.3 is 14.2 Å². The molecule has 1 aromatic carbocycles. The van der Waals surface area contributed by atoms with E-state index in [2.05, 4.69) is 4.74 Å². The molecule has 0 saturated heterocycles. The zero-order valence-corrected chi connectivity index (χ0v) is 7.44. The maximum Gasteiger partial charge on any atom is 0.298 e. The highest BCUT2D eigenvalue weighted by molar-refractivity contribution is 5.53. The average molecular weight is 182 g/mol. The molecule has 0 spiro atoms. The van der Waals surface area contributed by atoms with Crippen LogP contribution in [0.5, 0.6) is 17.2 Å². The zero-order chi connectivity index (χ0) is 9.68. The van der Waals surface area contributed by atoms with Gasteiger partial charge in [0.05, 0.1) is 14.2 Å². The third kappa shape index (κ3) is 2.11. The van der Waals surface area contributed by atoms with Crippen molar-refractivity contribution in [2.24, 2.45) is 0 Å². The summed E-state index contributed by atoms with van der Waals surface area (Å²) >= 11 is 0. The van der Waals surface area contributed by atoms with Crippen molar-refractivity contribution in [2.45, 2.75) is 0 Å². The second-order valence-corrected chi connectivity index (χ2v) is 2.23. The molecule has 1 rings (SSSR count). The molecule has 0 heterocycles. The Morgan fingerprint density at radius 3 is 2.46 bits per heavy atom. The molecular weight excluding hydrogens is 172 g/mol. The highest BCUT2D eigenvalue weighted by Gasteiger charge is 2.04. The first kappa shape index (κ1) is 9.38. The van der Waals surface area contributed by atoms with E-state index >= 15 is 0 Å². The molecule has 0 aliphatic heterocycles. The monoisotopic (exact) mass is 182 g/mol. The minimum absolute atomic E-state index is 0.344. The second-order valence-electron chi connectivity index (χ2n) is 2.23. The van der Waals surface area contributed by atoms with Crippen LogP contribution in [0.25, 0.3) is 0 Å². The van der Waals surface area contributed by atoms with Gasteiger partial charge in [0.2, 0.25) is 0 Å². The number of hydrogen-bond acceptors (Lipinski definition) is 4. The van der Waals surface area contributed by atoms with Gasteiger partial charge in [-0.1, -0.05) is 0 Å². The Kier molecular flexibility index (Phi) is 3.14. The Bertz CT molecular complexity index is 296. The van der Waals surface area contributed by atoms with Crippen molar-refractivity contribution >= 4 is 6.47 Å². The maximum absolute atomic E-state index is 10.1. The lowest BCUT2D eigenvalue weighted by molar-refractivity contribution is -0.120. The smallest absolute Gasteiger partial charge is 0.298 e. The standard InChI is InChI=1S/C9H10O4/c1-11-7-3-4-8(12-2)9(5-7)13-6-10/h3-6H,1-2H3. The van der Waals surface area contributed by atoms with Gasteiger partial charge in [-0.2, -0.15) is 0 Å². The minimum atomic E-state index is 0.344. The lowest BCUT2D eigenvalue weighted by Gasteiger charge is -2.07. The van der Waals surface area contributed by atoms with E-state index in [1.165, 1.54) is 14.2 Å². The molecule has 0 bridgehead atoms. The van der Waals surface area contributed by atoms with Gasteiger partial charge in [-0.3, -0.25) is 4.79 Å². The lowest BCUT2D eigenvalue weighted by Crippen LogP contribution is -1.94. The molecule has 0 aliphatic carbocycles. The molecule has 4 heteroatoms. The van der Waals surface area contributed by atoms with Gasteiger partial charge in [0, 0.05) is 6.07 Å². The number of benzene rings is 1. The molecule has 0 saturated carbocycles. The molecule has 0 radical (unpaired) electrons. The summed E-state index contributed by atoms with van der Waals surface area (Å²) in [6.07, 6.45) is 0. The summed E-state index contributed by atoms with van der Waals surface area (Å²) in [7, 11) is 3.03. The summed E-state index contributed by atoms with van der Waals surface area (Å²) in [5.74, 6) is 1.45. The quantitative estimate of drug-likeness (QED) is 0.657. The molecule has 0 aromatic heterocycles. The SMILES string of the molecule is COc1ccc(OC)c(OC=O)c1. The molecule has 4 nitrogen and oxygen atoms in total. The summed E-state index contributed by atoms with van der Waals surface area (Å²) < 4.78 is 14.6. The highest BCUT2D eigenvalue weighted by atomic mass is 16.5. The molecule has 0 atom stereocenters. The Morgan fingerprint density at radius 2 is 1.92 bits per heavy atom. The van der Waals surface area contributed by atoms with Crippen molar-refractivity contribution in [3.8, 4) is 17.2 Å². The highest BCUT2D eigenvalue weighted by Crippen LogP contribution is 2.30. The van der Waals surface area contributed by atoms with Crippen LogP contribution in [0.1, 0.15) is 0 Å². The molecule has 70 valence electrons. The number of methoxy groups -OCH3 is 2. The fourth-order valence-electron chi connectivity index (χ4n) is 0.928. The van der Waals surface area contributed by atoms with E-state index in [1.54, 1.807) is 18.2 Å². The predicted molar refractivity (Wildman–Crippen MR) is 46.2 cm³/mol. The molecule has 0 N–H and O–H groups in total. The van der Waals surface area contributed by atoms with Crippen LogP contribution in [-0.4, -0.2) is 20.7 Å². The first-order chi connectivity index (χ1) is 6.31. The largest absolute Gasteiger partial charge is 0.497 e. The number of rotatable bonds is 4. The summed E-state index contributed by atoms with van der Waals surface area (Å²) in [6.45, 7) is 0.345. The first-order valence-electron chi connectivity index (χ1n) is 3.64. The van der Waals surface area contributed by atoms with Crippen LogP contribution < -0.4 is 14.2 Å². The molecule has 1 aromatic rings. The zero-order valence-electron chi connectivity index (χ0n) is 7.44. The third-order valence-corrected chi connectivity index (χ3v) is 1.55. The number of carbonyl (C=O) groups excluding carboxylic acids is 1. The van der Waals surface area contributed by atoms with E-state index in [1.807, 2.05) is 0 Å². The lowest BCUT2D eigenvalue weighted by atomic mass is 10.3. The average Bonchev–Trinajstić information content (AvgIpc) is 2.18. The summed E-state index contributed by atoms with van der Waals surface area (Å²) in [5, 5.41) is 0. The fraction of sp³-hybridized carbons (Fsp3) is 0.222. The van der Waals surface area contributed by atoms with E-state index in [4.69, 9.17) is 9.47 Å². The summed E-state index contributed by atoms with van der Waals surface area (Å²) in [4.78, 5) is 10.1. The van der Waals surface area contributed by atoms with Crippen molar-refractivity contribution in [2.75, 3.05) is 14.2 Å². The Morgan fingerprint density at radius 1 is 1.15 bits per heavy atom. The topological polar surface area (TPSA) is 44.8 Å². The van der Waals surface area contributed by atoms with Crippen LogP contribution in [0.3, 0.4) is 0 Å². The molecule has 0 amide bonds. The molecule has 0 aliphatic rings. The van der Waals surface area contributed by atoms with Crippen molar-refractivity contribution in [3.63, 3.8) is 0 Å². The van der Waals surface area contributed by atoms with Crippen LogP contribution in [0.15, 0.2) is 18.2 Å². The van der Waals surface area contributed by atoms with E-state index in [0.717, 1.165) is 0 Å². The van der Waals surface area contributed by atoms with E-state index < -0.39 is 0 Å². The van der Waals surface area contributed by atoms with Crippen LogP contribution >= 0.6 is 0 Å². The van der Waals surface area contributed by atoms with Crippen molar-refractivity contribution in [1.82, 2.24) is 0 Å². The molecule has 0 fully saturated rings. The first-order valence-corrected chi connectivity index (χ1v) is 3.64. The second kappa shape index (κ2) is 4.35. The Hall–Kier alpha value is -1.71. The van der Waals surface area contributed by atoms with E-state index in [9.17, 15) is 4.79 Å². The van der Waals surface area contributed by atoms with Gasteiger partial charge in [-0.05, 0) is 12.1 Å². The van der Waals surface area contributed by atoms with Gasteiger partial charge in [0.15, 0.2) is 11.5 Å². The third-order valence-electron chi connectivity index (χ3n) is 1.55. The van der Waals surface area contributed by atoms with Crippen LogP contribution in [0, 0.1) is 0 Å². The van der Waals surface area contributed by atoms with E-state index in [0.29, 0.717) is 23.7 Å². The van der Waals surface area contributed by atoms with Gasteiger partial charge in [0.25, 0.3) is 6.47 Å². The van der Waals surface area contributed by atoms with Crippen LogP contribution in [0.2, 0.25) is 0 Å². The van der Waals surface area contributed by atoms with Crippen LogP contribution in [-0.2, 0) is 4.79 Å². The van der Waals surface area contributed by atoms with Gasteiger partial charge in [0.1, 0.15) is 5.75 Å². The number of hydrogen-bond donors (Lipinski definition) is 0. The summed E-state index contributed by atoms with van der Waals surface area (Å²) in [6, 6.07) is 4.96. The number of carbonyl (C=O) groups is 1. The minimum Gasteiger partial charge on any atom is -0.497 e. The molecular formula is C9H10O4. The summed E-state index contributed by atoms with van der Waals surface area (Å²) in [5.41, 5.74) is 0. The predicted octanol–water partition coefficient (Wildman–Crippen LogP) is 1.24. The molecule has 13 heavy (non-hydrogen) atoms. The van der Waals surface area contributed by atoms with E-state index in [-0.39, 0.29) is 0 Å². The molecule has 0 unspecified atom stereocenters. The Labute approximate surface area is 76.0 Å². The number of ether oxygens (including phenoxy) is 3. The van der Waals surface area contributed by atoms with Crippen molar-refractivity contribution < 1.29 is 19.0 Å². The van der Waals surface area contributed by atoms with Gasteiger partial charge in [-0.15, -0.1) is 0 Å².